The molecule has 0 radical (unpaired) electrons. The summed E-state index contributed by atoms with van der Waals surface area (Å²) >= 11 is 0. The van der Waals surface area contributed by atoms with Gasteiger partial charge in [0.2, 0.25) is 0 Å². The number of carbonyl (C=O) groups is 2. The van der Waals surface area contributed by atoms with E-state index in [4.69, 9.17) is 4.74 Å². The molecular formula is C25H21NO4. The molecule has 0 aromatic heterocycles. The highest BCUT2D eigenvalue weighted by atomic mass is 16.5. The van der Waals surface area contributed by atoms with Crippen LogP contribution in [-0.4, -0.2) is 30.1 Å². The molecule has 0 heterocycles. The third kappa shape index (κ3) is 3.82. The van der Waals surface area contributed by atoms with Gasteiger partial charge in [-0.25, -0.2) is 4.79 Å². The third-order valence-electron chi connectivity index (χ3n) is 5.21. The zero-order valence-corrected chi connectivity index (χ0v) is 16.5. The number of aromatic hydroxyl groups is 1. The highest BCUT2D eigenvalue weighted by molar-refractivity contribution is 6.03. The number of hydrogen-bond donors (Lipinski definition) is 2. The van der Waals surface area contributed by atoms with E-state index >= 15 is 0 Å². The van der Waals surface area contributed by atoms with Gasteiger partial charge in [-0.1, -0.05) is 48.5 Å². The van der Waals surface area contributed by atoms with E-state index < -0.39 is 17.9 Å². The molecule has 4 aromatic carbocycles. The van der Waals surface area contributed by atoms with E-state index in [1.807, 2.05) is 48.5 Å². The largest absolute Gasteiger partial charge is 0.508 e. The predicted molar refractivity (Wildman–Crippen MR) is 117 cm³/mol. The van der Waals surface area contributed by atoms with Crippen molar-refractivity contribution in [1.82, 2.24) is 5.32 Å². The quantitative estimate of drug-likeness (QED) is 0.389. The third-order valence-corrected chi connectivity index (χ3v) is 5.21. The minimum absolute atomic E-state index is 0.0679. The fourth-order valence-electron chi connectivity index (χ4n) is 3.72. The zero-order valence-electron chi connectivity index (χ0n) is 16.5. The molecule has 1 atom stereocenters. The van der Waals surface area contributed by atoms with Crippen molar-refractivity contribution in [1.29, 1.82) is 0 Å². The van der Waals surface area contributed by atoms with Gasteiger partial charge >= 0.3 is 5.97 Å². The van der Waals surface area contributed by atoms with Crippen LogP contribution in [-0.2, 0) is 16.0 Å². The molecule has 5 nitrogen and oxygen atoms in total. The van der Waals surface area contributed by atoms with Crippen LogP contribution in [0.3, 0.4) is 0 Å². The van der Waals surface area contributed by atoms with Gasteiger partial charge in [0, 0.05) is 12.0 Å². The molecule has 0 aliphatic heterocycles. The SMILES string of the molecule is COC(=O)[C@H](Cc1c2ccccc2cc2ccccc12)NC(=O)c1ccc(O)cc1. The van der Waals surface area contributed by atoms with Crippen LogP contribution in [0, 0.1) is 0 Å². The Balaban J connectivity index is 1.74. The minimum Gasteiger partial charge on any atom is -0.508 e. The highest BCUT2D eigenvalue weighted by Gasteiger charge is 2.24. The average Bonchev–Trinajstić information content (AvgIpc) is 2.78. The molecule has 0 aliphatic rings. The first-order valence-electron chi connectivity index (χ1n) is 9.64. The summed E-state index contributed by atoms with van der Waals surface area (Å²) in [4.78, 5) is 25.2. The molecule has 0 fully saturated rings. The first-order valence-corrected chi connectivity index (χ1v) is 9.64. The number of nitrogens with one attached hydrogen (secondary N) is 1. The maximum absolute atomic E-state index is 12.7. The number of rotatable bonds is 5. The van der Waals surface area contributed by atoms with Crippen LogP contribution in [0.15, 0.2) is 78.9 Å². The van der Waals surface area contributed by atoms with Gasteiger partial charge in [-0.15, -0.1) is 0 Å². The summed E-state index contributed by atoms with van der Waals surface area (Å²) in [6, 6.07) is 23.1. The highest BCUT2D eigenvalue weighted by Crippen LogP contribution is 2.29. The van der Waals surface area contributed by atoms with Crippen LogP contribution < -0.4 is 5.32 Å². The van der Waals surface area contributed by atoms with Crippen LogP contribution in [0.2, 0.25) is 0 Å². The minimum atomic E-state index is -0.856. The second kappa shape index (κ2) is 8.25. The summed E-state index contributed by atoms with van der Waals surface area (Å²) < 4.78 is 4.97. The van der Waals surface area contributed by atoms with E-state index in [1.54, 1.807) is 0 Å². The lowest BCUT2D eigenvalue weighted by Crippen LogP contribution is -2.43. The van der Waals surface area contributed by atoms with Crippen LogP contribution >= 0.6 is 0 Å². The normalized spacial score (nSPS) is 11.9. The summed E-state index contributed by atoms with van der Waals surface area (Å²) in [7, 11) is 1.31. The molecule has 0 unspecified atom stereocenters. The number of phenolic OH excluding ortho intramolecular Hbond substituents is 1. The molecule has 2 N–H and O–H groups in total. The lowest BCUT2D eigenvalue weighted by molar-refractivity contribution is -0.142. The fraction of sp³-hybridized carbons (Fsp3) is 0.120. The van der Waals surface area contributed by atoms with Gasteiger partial charge in [0.1, 0.15) is 11.8 Å². The number of ether oxygens (including phenoxy) is 1. The monoisotopic (exact) mass is 399 g/mol. The number of amides is 1. The maximum atomic E-state index is 12.7. The smallest absolute Gasteiger partial charge is 0.328 e. The number of phenols is 1. The Kier molecular flexibility index (Phi) is 5.35. The number of fused-ring (bicyclic) bond motifs is 2. The number of esters is 1. The first kappa shape index (κ1) is 19.5. The molecule has 0 spiro atoms. The van der Waals surface area contributed by atoms with E-state index in [1.165, 1.54) is 31.4 Å². The number of carbonyl (C=O) groups excluding carboxylic acids is 2. The maximum Gasteiger partial charge on any atom is 0.328 e. The second-order valence-corrected chi connectivity index (χ2v) is 7.10. The van der Waals surface area contributed by atoms with E-state index in [0.717, 1.165) is 27.1 Å². The van der Waals surface area contributed by atoms with Crippen LogP contribution in [0.1, 0.15) is 15.9 Å². The predicted octanol–water partition coefficient (Wildman–Crippen LogP) is 4.21. The molecule has 0 saturated carbocycles. The van der Waals surface area contributed by atoms with Crippen LogP contribution in [0.5, 0.6) is 5.75 Å². The fourth-order valence-corrected chi connectivity index (χ4v) is 3.72. The summed E-state index contributed by atoms with van der Waals surface area (Å²) in [5.74, 6) is -0.854. The molecule has 0 saturated heterocycles. The summed E-state index contributed by atoms with van der Waals surface area (Å²) in [6.07, 6.45) is 0.290. The molecule has 1 amide bonds. The van der Waals surface area contributed by atoms with Gasteiger partial charge < -0.3 is 15.2 Å². The number of methoxy groups -OCH3 is 1. The van der Waals surface area contributed by atoms with Gasteiger partial charge in [-0.3, -0.25) is 4.79 Å². The van der Waals surface area contributed by atoms with Crippen molar-refractivity contribution in [3.8, 4) is 5.75 Å². The van der Waals surface area contributed by atoms with Crippen molar-refractivity contribution < 1.29 is 19.4 Å². The molecule has 0 aliphatic carbocycles. The Morgan fingerprint density at radius 1 is 0.900 bits per heavy atom. The molecule has 4 rings (SSSR count). The lowest BCUT2D eigenvalue weighted by Gasteiger charge is -2.19. The molecule has 0 bridgehead atoms. The summed E-state index contributed by atoms with van der Waals surface area (Å²) in [5.41, 5.74) is 1.33. The Labute approximate surface area is 173 Å². The standard InChI is InChI=1S/C25H21NO4/c1-30-25(29)23(26-24(28)16-10-12-19(27)13-11-16)15-22-20-8-4-2-6-17(20)14-18-7-3-5-9-21(18)22/h2-14,23,27H,15H2,1H3,(H,26,28)/t23-/m0/s1. The topological polar surface area (TPSA) is 75.6 Å². The van der Waals surface area contributed by atoms with E-state index in [0.29, 0.717) is 12.0 Å². The lowest BCUT2D eigenvalue weighted by atomic mass is 9.92. The van der Waals surface area contributed by atoms with Gasteiger partial charge in [0.25, 0.3) is 5.91 Å². The van der Waals surface area contributed by atoms with Gasteiger partial charge in [0.05, 0.1) is 7.11 Å². The van der Waals surface area contributed by atoms with Crippen molar-refractivity contribution >= 4 is 33.4 Å². The van der Waals surface area contributed by atoms with Crippen molar-refractivity contribution in [3.05, 3.63) is 90.0 Å². The summed E-state index contributed by atoms with van der Waals surface area (Å²) in [5, 5.41) is 16.4. The zero-order chi connectivity index (χ0) is 21.1. The van der Waals surface area contributed by atoms with Crippen LogP contribution in [0.25, 0.3) is 21.5 Å². The van der Waals surface area contributed by atoms with E-state index in [9.17, 15) is 14.7 Å². The van der Waals surface area contributed by atoms with Crippen LogP contribution in [0.4, 0.5) is 0 Å². The van der Waals surface area contributed by atoms with Crippen molar-refractivity contribution in [2.75, 3.05) is 7.11 Å². The molecule has 150 valence electrons. The van der Waals surface area contributed by atoms with Gasteiger partial charge in [-0.2, -0.15) is 0 Å². The Hall–Kier alpha value is -3.86. The average molecular weight is 399 g/mol. The van der Waals surface area contributed by atoms with Gasteiger partial charge in [-0.05, 0) is 57.4 Å². The molecular weight excluding hydrogens is 378 g/mol. The molecule has 30 heavy (non-hydrogen) atoms. The summed E-state index contributed by atoms with van der Waals surface area (Å²) in [6.45, 7) is 0. The molecule has 4 aromatic rings. The molecule has 5 heteroatoms. The Bertz CT molecular complexity index is 1180. The Morgan fingerprint density at radius 2 is 1.47 bits per heavy atom. The van der Waals surface area contributed by atoms with E-state index in [2.05, 4.69) is 11.4 Å². The Morgan fingerprint density at radius 3 is 2.03 bits per heavy atom. The van der Waals surface area contributed by atoms with Crippen molar-refractivity contribution in [2.45, 2.75) is 12.5 Å². The first-order chi connectivity index (χ1) is 14.6. The number of hydrogen-bond acceptors (Lipinski definition) is 4. The van der Waals surface area contributed by atoms with Crippen molar-refractivity contribution in [2.24, 2.45) is 0 Å². The number of benzene rings is 4. The van der Waals surface area contributed by atoms with Gasteiger partial charge in [0.15, 0.2) is 0 Å². The van der Waals surface area contributed by atoms with Crippen molar-refractivity contribution in [3.63, 3.8) is 0 Å². The second-order valence-electron chi connectivity index (χ2n) is 7.10. The van der Waals surface area contributed by atoms with E-state index in [-0.39, 0.29) is 5.75 Å².